The van der Waals surface area contributed by atoms with Gasteiger partial charge in [0.05, 0.1) is 17.9 Å². The van der Waals surface area contributed by atoms with Crippen LogP contribution < -0.4 is 10.6 Å². The zero-order chi connectivity index (χ0) is 14.5. The summed E-state index contributed by atoms with van der Waals surface area (Å²) in [6.07, 6.45) is 0. The molecule has 2 rings (SSSR count). The van der Waals surface area contributed by atoms with Gasteiger partial charge in [0.25, 0.3) is 0 Å². The summed E-state index contributed by atoms with van der Waals surface area (Å²) in [6, 6.07) is 9.71. The maximum Gasteiger partial charge on any atom is 0.233 e. The summed E-state index contributed by atoms with van der Waals surface area (Å²) < 4.78 is 1.70. The summed E-state index contributed by atoms with van der Waals surface area (Å²) in [4.78, 5) is 11.2. The summed E-state index contributed by atoms with van der Waals surface area (Å²) in [5, 5.41) is 10.6. The average Bonchev–Trinajstić information content (AvgIpc) is 2.75. The fourth-order valence-electron chi connectivity index (χ4n) is 1.86. The second kappa shape index (κ2) is 6.54. The molecule has 5 nitrogen and oxygen atoms in total. The molecule has 0 aliphatic heterocycles. The monoisotopic (exact) mass is 292 g/mol. The molecule has 2 aromatic rings. The lowest BCUT2D eigenvalue weighted by Crippen LogP contribution is -2.31. The second-order valence-electron chi connectivity index (χ2n) is 4.38. The van der Waals surface area contributed by atoms with Gasteiger partial charge in [-0.25, -0.2) is 4.68 Å². The number of carbonyl (C=O) groups excluding carboxylic acids is 1. The Balaban J connectivity index is 2.15. The van der Waals surface area contributed by atoms with Crippen LogP contribution in [-0.2, 0) is 11.3 Å². The smallest absolute Gasteiger partial charge is 0.233 e. The number of aryl methyl sites for hydroxylation is 1. The molecule has 0 aliphatic carbocycles. The van der Waals surface area contributed by atoms with Crippen molar-refractivity contribution in [2.45, 2.75) is 13.5 Å². The average molecular weight is 293 g/mol. The molecular weight excluding hydrogens is 276 g/mol. The highest BCUT2D eigenvalue weighted by Crippen LogP contribution is 2.23. The van der Waals surface area contributed by atoms with Crippen LogP contribution >= 0.6 is 11.6 Å². The molecule has 1 amide bonds. The van der Waals surface area contributed by atoms with Crippen LogP contribution in [0.1, 0.15) is 11.3 Å². The number of benzene rings is 1. The molecule has 20 heavy (non-hydrogen) atoms. The van der Waals surface area contributed by atoms with Crippen LogP contribution in [0.3, 0.4) is 0 Å². The number of rotatable bonds is 5. The first-order chi connectivity index (χ1) is 9.63. The van der Waals surface area contributed by atoms with Crippen molar-refractivity contribution < 1.29 is 4.79 Å². The van der Waals surface area contributed by atoms with Crippen LogP contribution in [-0.4, -0.2) is 29.3 Å². The van der Waals surface area contributed by atoms with E-state index in [4.69, 9.17) is 11.6 Å². The third-order valence-electron chi connectivity index (χ3n) is 2.99. The molecule has 1 aromatic carbocycles. The Morgan fingerprint density at radius 2 is 2.05 bits per heavy atom. The van der Waals surface area contributed by atoms with Gasteiger partial charge < -0.3 is 10.6 Å². The number of hydrogen-bond donors (Lipinski definition) is 2. The summed E-state index contributed by atoms with van der Waals surface area (Å²) in [7, 11) is 1.61. The van der Waals surface area contributed by atoms with Crippen molar-refractivity contribution >= 4 is 17.5 Å². The van der Waals surface area contributed by atoms with Crippen LogP contribution in [0.5, 0.6) is 0 Å². The van der Waals surface area contributed by atoms with E-state index in [1.165, 1.54) is 0 Å². The maximum atomic E-state index is 11.2. The fraction of sp³-hybridized carbons (Fsp3) is 0.286. The Bertz CT molecular complexity index is 595. The number of halogens is 1. The largest absolute Gasteiger partial charge is 0.358 e. The lowest BCUT2D eigenvalue weighted by atomic mass is 10.2. The van der Waals surface area contributed by atoms with Crippen molar-refractivity contribution in [3.05, 3.63) is 46.7 Å². The van der Waals surface area contributed by atoms with Gasteiger partial charge in [-0.15, -0.1) is 0 Å². The minimum atomic E-state index is -0.0609. The van der Waals surface area contributed by atoms with Crippen LogP contribution in [0, 0.1) is 6.92 Å². The molecule has 0 saturated heterocycles. The van der Waals surface area contributed by atoms with Gasteiger partial charge in [-0.05, 0) is 19.1 Å². The van der Waals surface area contributed by atoms with Gasteiger partial charge in [0, 0.05) is 19.2 Å². The van der Waals surface area contributed by atoms with Crippen molar-refractivity contribution in [3.63, 3.8) is 0 Å². The first kappa shape index (κ1) is 14.6. The normalized spacial score (nSPS) is 10.6. The third kappa shape index (κ3) is 3.18. The zero-order valence-electron chi connectivity index (χ0n) is 11.5. The van der Waals surface area contributed by atoms with E-state index in [9.17, 15) is 4.79 Å². The highest BCUT2D eigenvalue weighted by molar-refractivity contribution is 6.30. The molecular formula is C14H17ClN4O. The first-order valence-corrected chi connectivity index (χ1v) is 6.72. The SMILES string of the molecule is CNC(=O)CNCc1c(C)nn(-c2ccccc2)c1Cl. The molecule has 0 aliphatic rings. The minimum Gasteiger partial charge on any atom is -0.358 e. The topological polar surface area (TPSA) is 59.0 Å². The number of likely N-dealkylation sites (N-methyl/N-ethyl adjacent to an activating group) is 1. The van der Waals surface area contributed by atoms with E-state index in [0.717, 1.165) is 16.9 Å². The van der Waals surface area contributed by atoms with Crippen molar-refractivity contribution in [2.75, 3.05) is 13.6 Å². The number of carbonyl (C=O) groups is 1. The Morgan fingerprint density at radius 1 is 1.35 bits per heavy atom. The zero-order valence-corrected chi connectivity index (χ0v) is 12.2. The maximum absolute atomic E-state index is 11.2. The number of para-hydroxylation sites is 1. The van der Waals surface area contributed by atoms with Crippen molar-refractivity contribution in [3.8, 4) is 5.69 Å². The molecule has 1 aromatic heterocycles. The van der Waals surface area contributed by atoms with Gasteiger partial charge in [0.1, 0.15) is 5.15 Å². The molecule has 0 bridgehead atoms. The number of nitrogens with zero attached hydrogens (tertiary/aromatic N) is 2. The summed E-state index contributed by atoms with van der Waals surface area (Å²) in [5.74, 6) is -0.0609. The van der Waals surface area contributed by atoms with E-state index in [2.05, 4.69) is 15.7 Å². The minimum absolute atomic E-state index is 0.0609. The van der Waals surface area contributed by atoms with Gasteiger partial charge in [-0.2, -0.15) is 5.10 Å². The predicted octanol–water partition coefficient (Wildman–Crippen LogP) is 1.67. The molecule has 0 fully saturated rings. The molecule has 0 radical (unpaired) electrons. The summed E-state index contributed by atoms with van der Waals surface area (Å²) in [6.45, 7) is 2.66. The molecule has 1 heterocycles. The van der Waals surface area contributed by atoms with Crippen molar-refractivity contribution in [1.82, 2.24) is 20.4 Å². The summed E-state index contributed by atoms with van der Waals surface area (Å²) >= 11 is 6.37. The predicted molar refractivity (Wildman–Crippen MR) is 79.1 cm³/mol. The number of hydrogen-bond acceptors (Lipinski definition) is 3. The van der Waals surface area contributed by atoms with Crippen molar-refractivity contribution in [2.24, 2.45) is 0 Å². The lowest BCUT2D eigenvalue weighted by molar-refractivity contribution is -0.119. The highest BCUT2D eigenvalue weighted by Gasteiger charge is 2.14. The van der Waals surface area contributed by atoms with E-state index in [0.29, 0.717) is 11.7 Å². The fourth-order valence-corrected chi connectivity index (χ4v) is 2.20. The van der Waals surface area contributed by atoms with E-state index < -0.39 is 0 Å². The quantitative estimate of drug-likeness (QED) is 0.881. The van der Waals surface area contributed by atoms with E-state index in [1.807, 2.05) is 37.3 Å². The number of amides is 1. The van der Waals surface area contributed by atoms with E-state index >= 15 is 0 Å². The van der Waals surface area contributed by atoms with E-state index in [1.54, 1.807) is 11.7 Å². The van der Waals surface area contributed by atoms with Gasteiger partial charge in [-0.3, -0.25) is 4.79 Å². The van der Waals surface area contributed by atoms with Gasteiger partial charge in [0.15, 0.2) is 0 Å². The van der Waals surface area contributed by atoms with Crippen LogP contribution in [0.4, 0.5) is 0 Å². The molecule has 0 saturated carbocycles. The van der Waals surface area contributed by atoms with Crippen molar-refractivity contribution in [1.29, 1.82) is 0 Å². The van der Waals surface area contributed by atoms with Gasteiger partial charge in [0.2, 0.25) is 5.91 Å². The van der Waals surface area contributed by atoms with Crippen LogP contribution in [0.15, 0.2) is 30.3 Å². The Morgan fingerprint density at radius 3 is 2.70 bits per heavy atom. The third-order valence-corrected chi connectivity index (χ3v) is 3.38. The number of nitrogens with one attached hydrogen (secondary N) is 2. The molecule has 0 spiro atoms. The second-order valence-corrected chi connectivity index (χ2v) is 4.74. The van der Waals surface area contributed by atoms with Gasteiger partial charge >= 0.3 is 0 Å². The molecule has 0 unspecified atom stereocenters. The molecule has 106 valence electrons. The Hall–Kier alpha value is -1.85. The van der Waals surface area contributed by atoms with Gasteiger partial charge in [-0.1, -0.05) is 29.8 Å². The standard InChI is InChI=1S/C14H17ClN4O/c1-10-12(8-17-9-13(20)16-2)14(15)19(18-10)11-6-4-3-5-7-11/h3-7,17H,8-9H2,1-2H3,(H,16,20). The Labute approximate surface area is 122 Å². The Kier molecular flexibility index (Phi) is 4.76. The van der Waals surface area contributed by atoms with Crippen LogP contribution in [0.2, 0.25) is 5.15 Å². The summed E-state index contributed by atoms with van der Waals surface area (Å²) in [5.41, 5.74) is 2.67. The number of aromatic nitrogens is 2. The first-order valence-electron chi connectivity index (χ1n) is 6.34. The van der Waals surface area contributed by atoms with E-state index in [-0.39, 0.29) is 12.5 Å². The van der Waals surface area contributed by atoms with Crippen LogP contribution in [0.25, 0.3) is 5.69 Å². The highest BCUT2D eigenvalue weighted by atomic mass is 35.5. The molecule has 2 N–H and O–H groups in total. The lowest BCUT2D eigenvalue weighted by Gasteiger charge is -2.05. The molecule has 6 heteroatoms. The molecule has 0 atom stereocenters.